The van der Waals surface area contributed by atoms with Gasteiger partial charge in [0.1, 0.15) is 12.4 Å². The minimum atomic E-state index is -0.523. The van der Waals surface area contributed by atoms with Gasteiger partial charge in [-0.1, -0.05) is 11.6 Å². The number of benzene rings is 1. The lowest BCUT2D eigenvalue weighted by atomic mass is 10.3. The molecule has 4 N–H and O–H groups in total. The van der Waals surface area contributed by atoms with Gasteiger partial charge in [0.15, 0.2) is 5.82 Å². The van der Waals surface area contributed by atoms with Crippen LogP contribution in [0.25, 0.3) is 0 Å². The second-order valence-electron chi connectivity index (χ2n) is 4.95. The van der Waals surface area contributed by atoms with E-state index in [2.05, 4.69) is 20.6 Å². The number of aromatic nitrogens is 2. The molecule has 0 saturated heterocycles. The van der Waals surface area contributed by atoms with Crippen LogP contribution in [-0.2, 0) is 0 Å². The van der Waals surface area contributed by atoms with Crippen molar-refractivity contribution < 1.29 is 14.3 Å². The standard InChI is InChI=1S/C15H18ClN5O3/c1-9(17)8-24-12-4-3-10(16)5-11(12)19-15(22)21-13-6-18-7-14(20-13)23-2/h3-7,9H,8,17H2,1-2H3,(H2,19,20,21,22). The summed E-state index contributed by atoms with van der Waals surface area (Å²) in [6.07, 6.45) is 2.83. The zero-order valence-electron chi connectivity index (χ0n) is 13.2. The number of carbonyl (C=O) groups excluding carboxylic acids is 1. The highest BCUT2D eigenvalue weighted by molar-refractivity contribution is 6.31. The summed E-state index contributed by atoms with van der Waals surface area (Å²) >= 11 is 5.97. The molecule has 0 saturated carbocycles. The molecule has 0 aliphatic rings. The third-order valence-electron chi connectivity index (χ3n) is 2.75. The predicted molar refractivity (Wildman–Crippen MR) is 91.8 cm³/mol. The number of amides is 2. The Labute approximate surface area is 144 Å². The molecule has 1 aromatic carbocycles. The fraction of sp³-hybridized carbons (Fsp3) is 0.267. The number of nitrogens with zero attached hydrogens (tertiary/aromatic N) is 2. The fourth-order valence-corrected chi connectivity index (χ4v) is 1.90. The summed E-state index contributed by atoms with van der Waals surface area (Å²) in [5, 5.41) is 5.66. The molecule has 8 nitrogen and oxygen atoms in total. The van der Waals surface area contributed by atoms with E-state index in [4.69, 9.17) is 26.8 Å². The average Bonchev–Trinajstić information content (AvgIpc) is 2.54. The highest BCUT2D eigenvalue weighted by Gasteiger charge is 2.11. The number of urea groups is 1. The Kier molecular flexibility index (Phi) is 6.16. The van der Waals surface area contributed by atoms with Crippen LogP contribution < -0.4 is 25.8 Å². The van der Waals surface area contributed by atoms with Crippen molar-refractivity contribution in [3.8, 4) is 11.6 Å². The summed E-state index contributed by atoms with van der Waals surface area (Å²) in [6, 6.07) is 4.23. The monoisotopic (exact) mass is 351 g/mol. The van der Waals surface area contributed by atoms with Crippen molar-refractivity contribution in [2.24, 2.45) is 5.73 Å². The lowest BCUT2D eigenvalue weighted by Crippen LogP contribution is -2.25. The maximum atomic E-state index is 12.1. The van der Waals surface area contributed by atoms with Crippen LogP contribution in [0, 0.1) is 0 Å². The van der Waals surface area contributed by atoms with E-state index < -0.39 is 6.03 Å². The normalized spacial score (nSPS) is 11.5. The first-order chi connectivity index (χ1) is 11.5. The van der Waals surface area contributed by atoms with Crippen LogP contribution in [0.5, 0.6) is 11.6 Å². The summed E-state index contributed by atoms with van der Waals surface area (Å²) in [7, 11) is 1.46. The number of anilines is 2. The van der Waals surface area contributed by atoms with E-state index in [1.807, 2.05) is 6.92 Å². The smallest absolute Gasteiger partial charge is 0.325 e. The Bertz CT molecular complexity index is 711. The van der Waals surface area contributed by atoms with Crippen LogP contribution in [0.2, 0.25) is 5.02 Å². The lowest BCUT2D eigenvalue weighted by Gasteiger charge is -2.14. The van der Waals surface area contributed by atoms with Crippen LogP contribution in [0.3, 0.4) is 0 Å². The van der Waals surface area contributed by atoms with Gasteiger partial charge in [-0.05, 0) is 25.1 Å². The molecule has 9 heteroatoms. The highest BCUT2D eigenvalue weighted by Crippen LogP contribution is 2.28. The number of hydrogen-bond acceptors (Lipinski definition) is 6. The van der Waals surface area contributed by atoms with Gasteiger partial charge in [0, 0.05) is 11.1 Å². The molecule has 0 aliphatic heterocycles. The molecule has 1 aromatic heterocycles. The van der Waals surface area contributed by atoms with Gasteiger partial charge >= 0.3 is 6.03 Å². The third kappa shape index (κ3) is 5.25. The van der Waals surface area contributed by atoms with E-state index >= 15 is 0 Å². The maximum Gasteiger partial charge on any atom is 0.325 e. The van der Waals surface area contributed by atoms with Crippen molar-refractivity contribution in [3.63, 3.8) is 0 Å². The topological polar surface area (TPSA) is 111 Å². The van der Waals surface area contributed by atoms with Gasteiger partial charge < -0.3 is 20.5 Å². The minimum Gasteiger partial charge on any atom is -0.490 e. The summed E-state index contributed by atoms with van der Waals surface area (Å²) in [5.74, 6) is 0.993. The molecule has 0 radical (unpaired) electrons. The molecule has 24 heavy (non-hydrogen) atoms. The van der Waals surface area contributed by atoms with E-state index in [1.165, 1.54) is 19.5 Å². The highest BCUT2D eigenvalue weighted by atomic mass is 35.5. The second kappa shape index (κ2) is 8.32. The molecule has 1 unspecified atom stereocenters. The molecule has 2 rings (SSSR count). The van der Waals surface area contributed by atoms with E-state index in [0.29, 0.717) is 23.1 Å². The van der Waals surface area contributed by atoms with E-state index in [1.54, 1.807) is 18.2 Å². The molecule has 0 aliphatic carbocycles. The number of carbonyl (C=O) groups is 1. The van der Waals surface area contributed by atoms with Gasteiger partial charge in [-0.2, -0.15) is 4.98 Å². The van der Waals surface area contributed by atoms with Gasteiger partial charge in [0.05, 0.1) is 25.2 Å². The van der Waals surface area contributed by atoms with Gasteiger partial charge in [0.25, 0.3) is 0 Å². The van der Waals surface area contributed by atoms with E-state index in [0.717, 1.165) is 0 Å². The Hall–Kier alpha value is -2.58. The molecule has 128 valence electrons. The number of ether oxygens (including phenoxy) is 2. The molecule has 2 aromatic rings. The van der Waals surface area contributed by atoms with Gasteiger partial charge in [0.2, 0.25) is 5.88 Å². The van der Waals surface area contributed by atoms with Gasteiger partial charge in [-0.15, -0.1) is 0 Å². The second-order valence-corrected chi connectivity index (χ2v) is 5.39. The van der Waals surface area contributed by atoms with E-state index in [9.17, 15) is 4.79 Å². The Morgan fingerprint density at radius 1 is 1.38 bits per heavy atom. The molecule has 2 amide bonds. The fourth-order valence-electron chi connectivity index (χ4n) is 1.72. The molecule has 1 atom stereocenters. The van der Waals surface area contributed by atoms with Gasteiger partial charge in [-0.3, -0.25) is 10.3 Å². The number of nitrogens with one attached hydrogen (secondary N) is 2. The Morgan fingerprint density at radius 3 is 2.88 bits per heavy atom. The molecule has 0 spiro atoms. The van der Waals surface area contributed by atoms with Crippen molar-refractivity contribution in [2.45, 2.75) is 13.0 Å². The van der Waals surface area contributed by atoms with Crippen LogP contribution in [0.4, 0.5) is 16.3 Å². The molecular weight excluding hydrogens is 334 g/mol. The largest absolute Gasteiger partial charge is 0.490 e. The number of rotatable bonds is 6. The molecule has 0 fully saturated rings. The summed E-state index contributed by atoms with van der Waals surface area (Å²) in [4.78, 5) is 20.1. The summed E-state index contributed by atoms with van der Waals surface area (Å²) < 4.78 is 10.5. The van der Waals surface area contributed by atoms with Crippen molar-refractivity contribution in [1.82, 2.24) is 9.97 Å². The minimum absolute atomic E-state index is 0.144. The van der Waals surface area contributed by atoms with Crippen molar-refractivity contribution in [3.05, 3.63) is 35.6 Å². The van der Waals surface area contributed by atoms with Crippen molar-refractivity contribution in [2.75, 3.05) is 24.4 Å². The first-order valence-electron chi connectivity index (χ1n) is 7.10. The average molecular weight is 352 g/mol. The van der Waals surface area contributed by atoms with Crippen LogP contribution in [0.1, 0.15) is 6.92 Å². The number of methoxy groups -OCH3 is 1. The SMILES string of the molecule is COc1cncc(NC(=O)Nc2cc(Cl)ccc2OCC(C)N)n1. The number of hydrogen-bond donors (Lipinski definition) is 3. The zero-order valence-corrected chi connectivity index (χ0v) is 14.0. The number of halogens is 1. The first-order valence-corrected chi connectivity index (χ1v) is 7.47. The molecule has 1 heterocycles. The molecule has 0 bridgehead atoms. The van der Waals surface area contributed by atoms with Crippen molar-refractivity contribution in [1.29, 1.82) is 0 Å². The first kappa shape index (κ1) is 17.8. The van der Waals surface area contributed by atoms with Crippen molar-refractivity contribution >= 4 is 29.1 Å². The lowest BCUT2D eigenvalue weighted by molar-refractivity contribution is 0.261. The summed E-state index contributed by atoms with van der Waals surface area (Å²) in [6.45, 7) is 2.12. The Morgan fingerprint density at radius 2 is 2.17 bits per heavy atom. The van der Waals surface area contributed by atoms with E-state index in [-0.39, 0.29) is 17.7 Å². The quantitative estimate of drug-likeness (QED) is 0.737. The maximum absolute atomic E-state index is 12.1. The number of nitrogens with two attached hydrogens (primary N) is 1. The van der Waals surface area contributed by atoms with Crippen LogP contribution >= 0.6 is 11.6 Å². The van der Waals surface area contributed by atoms with Crippen LogP contribution in [-0.4, -0.2) is 35.8 Å². The third-order valence-corrected chi connectivity index (χ3v) is 2.99. The van der Waals surface area contributed by atoms with Gasteiger partial charge in [-0.25, -0.2) is 4.79 Å². The Balaban J connectivity index is 2.08. The molecular formula is C15H18ClN5O3. The summed E-state index contributed by atoms with van der Waals surface area (Å²) in [5.41, 5.74) is 6.09. The zero-order chi connectivity index (χ0) is 17.5. The van der Waals surface area contributed by atoms with Crippen LogP contribution in [0.15, 0.2) is 30.6 Å². The predicted octanol–water partition coefficient (Wildman–Crippen LogP) is 2.51.